The number of nitrogens with one attached hydrogen (secondary N) is 2. The number of para-hydroxylation sites is 1. The Bertz CT molecular complexity index is 1220. The van der Waals surface area contributed by atoms with Gasteiger partial charge in [0.2, 0.25) is 0 Å². The predicted octanol–water partition coefficient (Wildman–Crippen LogP) is 4.14. The molecule has 1 heterocycles. The smallest absolute Gasteiger partial charge is 0.252 e. The predicted molar refractivity (Wildman–Crippen MR) is 137 cm³/mol. The Morgan fingerprint density at radius 1 is 0.971 bits per heavy atom. The van der Waals surface area contributed by atoms with Crippen LogP contribution in [0, 0.1) is 0 Å². The van der Waals surface area contributed by atoms with Gasteiger partial charge in [-0.05, 0) is 43.3 Å². The fourth-order valence-electron chi connectivity index (χ4n) is 4.12. The van der Waals surface area contributed by atoms with E-state index in [9.17, 15) is 4.79 Å². The van der Waals surface area contributed by atoms with E-state index < -0.39 is 0 Å². The number of benzene rings is 3. The lowest BCUT2D eigenvalue weighted by Gasteiger charge is -2.15. The van der Waals surface area contributed by atoms with Gasteiger partial charge < -0.3 is 15.0 Å². The molecule has 1 unspecified atom stereocenters. The zero-order chi connectivity index (χ0) is 23.8. The molecule has 1 aromatic heterocycles. The first-order chi connectivity index (χ1) is 16.6. The third-order valence-corrected chi connectivity index (χ3v) is 5.84. The molecular weight excluding hydrogens is 422 g/mol. The number of rotatable bonds is 10. The molecule has 0 aliphatic heterocycles. The van der Waals surface area contributed by atoms with Crippen LogP contribution in [0.2, 0.25) is 0 Å². The van der Waals surface area contributed by atoms with Crippen molar-refractivity contribution in [1.29, 1.82) is 0 Å². The number of carbonyl (C=O) groups is 1. The largest absolute Gasteiger partial charge is 0.494 e. The highest BCUT2D eigenvalue weighted by Gasteiger charge is 2.14. The van der Waals surface area contributed by atoms with Gasteiger partial charge in [-0.3, -0.25) is 4.79 Å². The summed E-state index contributed by atoms with van der Waals surface area (Å²) in [5.74, 6) is 0.760. The molecule has 0 saturated heterocycles. The summed E-state index contributed by atoms with van der Waals surface area (Å²) in [6.07, 6.45) is 0.916. The first-order valence-corrected chi connectivity index (χ1v) is 11.9. The number of pyridine rings is 1. The van der Waals surface area contributed by atoms with Gasteiger partial charge in [0.15, 0.2) is 0 Å². The van der Waals surface area contributed by atoms with Gasteiger partial charge in [0, 0.05) is 29.5 Å². The Morgan fingerprint density at radius 2 is 1.71 bits per heavy atom. The van der Waals surface area contributed by atoms with Crippen molar-refractivity contribution in [1.82, 2.24) is 10.3 Å². The van der Waals surface area contributed by atoms with Crippen LogP contribution < -0.4 is 15.0 Å². The van der Waals surface area contributed by atoms with Gasteiger partial charge in [-0.1, -0.05) is 48.5 Å². The van der Waals surface area contributed by atoms with E-state index in [-0.39, 0.29) is 5.91 Å². The van der Waals surface area contributed by atoms with E-state index >= 15 is 0 Å². The third-order valence-electron chi connectivity index (χ3n) is 5.84. The summed E-state index contributed by atoms with van der Waals surface area (Å²) in [6.45, 7) is 5.20. The van der Waals surface area contributed by atoms with Gasteiger partial charge in [-0.25, -0.2) is 4.98 Å². The molecule has 1 atom stereocenters. The van der Waals surface area contributed by atoms with Crippen LogP contribution in [0.25, 0.3) is 22.2 Å². The summed E-state index contributed by atoms with van der Waals surface area (Å²) in [7, 11) is 2.19. The van der Waals surface area contributed by atoms with Gasteiger partial charge in [0.05, 0.1) is 37.0 Å². The maximum atomic E-state index is 13.2. The molecule has 4 rings (SSSR count). The van der Waals surface area contributed by atoms with Gasteiger partial charge in [-0.2, -0.15) is 0 Å². The zero-order valence-corrected chi connectivity index (χ0v) is 19.9. The lowest BCUT2D eigenvalue weighted by atomic mass is 10.0. The number of quaternary nitrogens is 1. The highest BCUT2D eigenvalue weighted by Crippen LogP contribution is 2.26. The second-order valence-corrected chi connectivity index (χ2v) is 8.51. The monoisotopic (exact) mass is 454 g/mol. The summed E-state index contributed by atoms with van der Waals surface area (Å²) in [6, 6.07) is 28.0. The molecule has 0 aliphatic rings. The normalized spacial score (nSPS) is 11.8. The van der Waals surface area contributed by atoms with Crippen LogP contribution in [-0.4, -0.2) is 37.6 Å². The molecule has 1 amide bonds. The Balaban J connectivity index is 1.43. The van der Waals surface area contributed by atoms with Crippen molar-refractivity contribution in [2.24, 2.45) is 0 Å². The average Bonchev–Trinajstić information content (AvgIpc) is 2.87. The number of aromatic nitrogens is 1. The standard InChI is InChI=1S/C29H31N3O2/c1-3-34-24-16-14-23(15-17-24)28-20-26(25-12-7-8-13-27(25)31-28)29(33)30-18-9-19-32(2)21-22-10-5-4-6-11-22/h4-8,10-17,20H,3,9,18-19,21H2,1-2H3,(H,30,33)/p+1. The molecule has 5 nitrogen and oxygen atoms in total. The maximum Gasteiger partial charge on any atom is 0.252 e. The van der Waals surface area contributed by atoms with Crippen LogP contribution in [0.1, 0.15) is 29.3 Å². The number of carbonyl (C=O) groups excluding carboxylic acids is 1. The summed E-state index contributed by atoms with van der Waals surface area (Å²) in [5.41, 5.74) is 4.52. The van der Waals surface area contributed by atoms with E-state index in [1.165, 1.54) is 10.5 Å². The molecule has 4 aromatic rings. The number of amides is 1. The molecular formula is C29H32N3O2+. The van der Waals surface area contributed by atoms with Crippen molar-refractivity contribution in [3.63, 3.8) is 0 Å². The van der Waals surface area contributed by atoms with E-state index in [0.29, 0.717) is 18.7 Å². The van der Waals surface area contributed by atoms with E-state index in [1.807, 2.05) is 67.6 Å². The van der Waals surface area contributed by atoms with E-state index in [0.717, 1.165) is 47.4 Å². The maximum absolute atomic E-state index is 13.2. The minimum Gasteiger partial charge on any atom is -0.494 e. The average molecular weight is 455 g/mol. The number of ether oxygens (including phenoxy) is 1. The van der Waals surface area contributed by atoms with Crippen molar-refractivity contribution in [2.75, 3.05) is 26.7 Å². The summed E-state index contributed by atoms with van der Waals surface area (Å²) < 4.78 is 5.55. The Morgan fingerprint density at radius 3 is 2.47 bits per heavy atom. The molecule has 0 aliphatic carbocycles. The third kappa shape index (κ3) is 6.00. The van der Waals surface area contributed by atoms with E-state index in [4.69, 9.17) is 9.72 Å². The minimum absolute atomic E-state index is 0.0634. The van der Waals surface area contributed by atoms with Gasteiger partial charge >= 0.3 is 0 Å². The lowest BCUT2D eigenvalue weighted by Crippen LogP contribution is -3.07. The summed E-state index contributed by atoms with van der Waals surface area (Å²) >= 11 is 0. The number of nitrogens with zero attached hydrogens (tertiary/aromatic N) is 1. The minimum atomic E-state index is -0.0634. The number of fused-ring (bicyclic) bond motifs is 1. The van der Waals surface area contributed by atoms with Crippen LogP contribution in [0.5, 0.6) is 5.75 Å². The molecule has 0 spiro atoms. The topological polar surface area (TPSA) is 55.7 Å². The molecule has 2 N–H and O–H groups in total. The number of hydrogen-bond donors (Lipinski definition) is 2. The molecule has 0 bridgehead atoms. The van der Waals surface area contributed by atoms with Crippen molar-refractivity contribution >= 4 is 16.8 Å². The molecule has 0 saturated carbocycles. The molecule has 0 radical (unpaired) electrons. The first-order valence-electron chi connectivity index (χ1n) is 11.9. The zero-order valence-electron chi connectivity index (χ0n) is 19.9. The van der Waals surface area contributed by atoms with Crippen molar-refractivity contribution < 1.29 is 14.4 Å². The van der Waals surface area contributed by atoms with Crippen LogP contribution in [0.3, 0.4) is 0 Å². The second-order valence-electron chi connectivity index (χ2n) is 8.51. The van der Waals surface area contributed by atoms with Crippen molar-refractivity contribution in [3.8, 4) is 17.0 Å². The van der Waals surface area contributed by atoms with E-state index in [1.54, 1.807) is 0 Å². The lowest BCUT2D eigenvalue weighted by molar-refractivity contribution is -0.893. The summed E-state index contributed by atoms with van der Waals surface area (Å²) in [4.78, 5) is 19.4. The van der Waals surface area contributed by atoms with Gasteiger partial charge in [0.1, 0.15) is 12.3 Å². The van der Waals surface area contributed by atoms with Crippen molar-refractivity contribution in [2.45, 2.75) is 19.9 Å². The van der Waals surface area contributed by atoms with Crippen LogP contribution in [-0.2, 0) is 6.54 Å². The first kappa shape index (κ1) is 23.5. The molecule has 174 valence electrons. The van der Waals surface area contributed by atoms with Crippen LogP contribution in [0.15, 0.2) is 84.9 Å². The number of hydrogen-bond acceptors (Lipinski definition) is 3. The Kier molecular flexibility index (Phi) is 7.89. The Hall–Kier alpha value is -3.70. The summed E-state index contributed by atoms with van der Waals surface area (Å²) in [5, 5.41) is 3.98. The highest BCUT2D eigenvalue weighted by atomic mass is 16.5. The van der Waals surface area contributed by atoms with Crippen LogP contribution in [0.4, 0.5) is 0 Å². The fraction of sp³-hybridized carbons (Fsp3) is 0.241. The van der Waals surface area contributed by atoms with Gasteiger partial charge in [0.25, 0.3) is 5.91 Å². The molecule has 34 heavy (non-hydrogen) atoms. The highest BCUT2D eigenvalue weighted by molar-refractivity contribution is 6.07. The van der Waals surface area contributed by atoms with E-state index in [2.05, 4.69) is 36.6 Å². The van der Waals surface area contributed by atoms with Gasteiger partial charge in [-0.15, -0.1) is 0 Å². The fourth-order valence-corrected chi connectivity index (χ4v) is 4.12. The molecule has 0 fully saturated rings. The van der Waals surface area contributed by atoms with Crippen molar-refractivity contribution in [3.05, 3.63) is 96.1 Å². The quantitative estimate of drug-likeness (QED) is 0.354. The SMILES string of the molecule is CCOc1ccc(-c2cc(C(=O)NCCC[NH+](C)Cc3ccccc3)c3ccccc3n2)cc1. The second kappa shape index (κ2) is 11.4. The van der Waals surface area contributed by atoms with Crippen LogP contribution >= 0.6 is 0 Å². The Labute approximate surface area is 201 Å². The molecule has 5 heteroatoms. The molecule has 3 aromatic carbocycles.